The van der Waals surface area contributed by atoms with Crippen LogP contribution in [0.3, 0.4) is 0 Å². The van der Waals surface area contributed by atoms with Gasteiger partial charge in [0.05, 0.1) is 31.0 Å². The standard InChI is InChI=1S/C39H30O6P2.C36H24O8P2S/c1-39(2,27-19-23-29(24-20-27)42-46(40)37-17-9-5-13-33(37)31-11-3-7-15-35(31)44-46)28-21-25-30(26-22-28)43-47(41)38-18-10-6-14-34(38)32-12-4-8-16-36(32)45-47;37-45(35-15-7-3-11-31(35)29-9-1-5-13-33(29)43-45)41-25-17-21-27(22-18-25)47(39,40)28-23-19-26(20-24-28)42-46(38)36-16-8-4-12-32(36)30-10-2-6-14-34(30)44-46/h3-26H,1-2H3;1-24H. The molecule has 94 heavy (non-hydrogen) atoms. The summed E-state index contributed by atoms with van der Waals surface area (Å²) in [6.45, 7) is 4.25. The minimum atomic E-state index is -3.96. The summed E-state index contributed by atoms with van der Waals surface area (Å²) in [5.74, 6) is 3.22. The van der Waals surface area contributed by atoms with Crippen LogP contribution in [0, 0.1) is 0 Å². The molecule has 0 aromatic heterocycles. The summed E-state index contributed by atoms with van der Waals surface area (Å²) in [6.07, 6.45) is 0. The normalized spacial score (nSPS) is 19.1. The predicted octanol–water partition coefficient (Wildman–Crippen LogP) is 18.4. The summed E-state index contributed by atoms with van der Waals surface area (Å²) in [5.41, 5.74) is 8.24. The molecule has 12 aromatic carbocycles. The van der Waals surface area contributed by atoms with Crippen LogP contribution in [0.15, 0.2) is 301 Å². The lowest BCUT2D eigenvalue weighted by molar-refractivity contribution is 0.396. The first-order valence-electron chi connectivity index (χ1n) is 29.9. The van der Waals surface area contributed by atoms with Crippen LogP contribution in [0.1, 0.15) is 25.0 Å². The van der Waals surface area contributed by atoms with Crippen LogP contribution in [0.2, 0.25) is 0 Å². The lowest BCUT2D eigenvalue weighted by atomic mass is 9.78. The SMILES string of the molecule is CC(C)(c1ccc(OP2(=O)Oc3ccccc3-c3ccccc32)cc1)c1ccc(OP2(=O)Oc3ccccc3-c3ccccc32)cc1.O=P1(Oc2ccc(S(=O)(=O)c3ccc(OP4(=O)Oc5ccccc5-c5ccccc54)cc3)cc2)Oc2ccccc2-c2ccccc21. The highest BCUT2D eigenvalue weighted by atomic mass is 32.2. The molecule has 0 radical (unpaired) electrons. The van der Waals surface area contributed by atoms with E-state index < -0.39 is 45.6 Å². The number of sulfone groups is 1. The Morgan fingerprint density at radius 3 is 0.713 bits per heavy atom. The van der Waals surface area contributed by atoms with Crippen molar-refractivity contribution >= 4 is 61.4 Å². The van der Waals surface area contributed by atoms with E-state index in [1.54, 1.807) is 60.7 Å². The maximum atomic E-state index is 14.1. The fourth-order valence-electron chi connectivity index (χ4n) is 11.9. The van der Waals surface area contributed by atoms with Crippen molar-refractivity contribution in [3.8, 4) is 90.5 Å². The lowest BCUT2D eigenvalue weighted by Gasteiger charge is -2.29. The molecule has 16 rings (SSSR count). The molecule has 14 nitrogen and oxygen atoms in total. The Morgan fingerprint density at radius 2 is 0.468 bits per heavy atom. The average Bonchev–Trinajstić information content (AvgIpc) is 0.781. The van der Waals surface area contributed by atoms with Crippen molar-refractivity contribution in [3.05, 3.63) is 302 Å². The number of benzene rings is 12. The van der Waals surface area contributed by atoms with Crippen LogP contribution in [0.5, 0.6) is 46.0 Å². The van der Waals surface area contributed by atoms with Crippen LogP contribution < -0.4 is 57.4 Å². The van der Waals surface area contributed by atoms with E-state index in [2.05, 4.69) is 13.8 Å². The fourth-order valence-corrected chi connectivity index (χ4v) is 20.4. The molecule has 0 fully saturated rings. The highest BCUT2D eigenvalue weighted by Crippen LogP contribution is 2.59. The number of rotatable bonds is 12. The van der Waals surface area contributed by atoms with Crippen LogP contribution in [-0.4, -0.2) is 8.42 Å². The fraction of sp³-hybridized carbons (Fsp3) is 0.0400. The summed E-state index contributed by atoms with van der Waals surface area (Å²) < 4.78 is 131. The maximum absolute atomic E-state index is 14.1. The molecule has 0 amide bonds. The van der Waals surface area contributed by atoms with Crippen LogP contribution in [0.4, 0.5) is 0 Å². The zero-order valence-electron chi connectivity index (χ0n) is 50.1. The quantitative estimate of drug-likeness (QED) is 0.106. The van der Waals surface area contributed by atoms with Gasteiger partial charge in [-0.15, -0.1) is 0 Å². The van der Waals surface area contributed by atoms with Crippen molar-refractivity contribution in [1.29, 1.82) is 0 Å². The Balaban J connectivity index is 0.000000155. The first-order chi connectivity index (χ1) is 45.5. The van der Waals surface area contributed by atoms with E-state index in [1.165, 1.54) is 48.5 Å². The Hall–Kier alpha value is -10.1. The Kier molecular flexibility index (Phi) is 15.0. The van der Waals surface area contributed by atoms with E-state index in [-0.39, 0.29) is 21.3 Å². The third kappa shape index (κ3) is 10.9. The lowest BCUT2D eigenvalue weighted by Crippen LogP contribution is -2.21. The largest absolute Gasteiger partial charge is 0.463 e. The first kappa shape index (κ1) is 60.2. The highest BCUT2D eigenvalue weighted by molar-refractivity contribution is 7.91. The third-order valence-electron chi connectivity index (χ3n) is 16.7. The molecule has 0 N–H and O–H groups in total. The van der Waals surface area contributed by atoms with Crippen molar-refractivity contribution < 1.29 is 62.9 Å². The van der Waals surface area contributed by atoms with E-state index in [1.807, 2.05) is 182 Å². The molecular formula is C75H54O14P4S. The zero-order chi connectivity index (χ0) is 64.5. The van der Waals surface area contributed by atoms with Crippen molar-refractivity contribution in [1.82, 2.24) is 0 Å². The summed E-state index contributed by atoms with van der Waals surface area (Å²) in [7, 11) is -19.0. The van der Waals surface area contributed by atoms with Crippen molar-refractivity contribution in [2.24, 2.45) is 0 Å². The van der Waals surface area contributed by atoms with Gasteiger partial charge in [0.1, 0.15) is 46.0 Å². The Bertz CT molecular complexity index is 4970. The van der Waals surface area contributed by atoms with E-state index in [9.17, 15) is 26.7 Å². The highest BCUT2D eigenvalue weighted by Gasteiger charge is 2.43. The molecular weight excluding hydrogens is 1280 g/mol. The smallest absolute Gasteiger partial charge is 0.413 e. The minimum absolute atomic E-state index is 0.000974. The maximum Gasteiger partial charge on any atom is 0.463 e. The molecule has 4 heterocycles. The van der Waals surface area contributed by atoms with Gasteiger partial charge in [0.15, 0.2) is 0 Å². The Morgan fingerprint density at radius 1 is 0.266 bits per heavy atom. The molecule has 0 aliphatic carbocycles. The van der Waals surface area contributed by atoms with Crippen molar-refractivity contribution in [2.75, 3.05) is 0 Å². The van der Waals surface area contributed by atoms with Gasteiger partial charge in [-0.2, -0.15) is 0 Å². The second-order valence-corrected chi connectivity index (χ2v) is 32.2. The van der Waals surface area contributed by atoms with Crippen LogP contribution in [0.25, 0.3) is 44.5 Å². The van der Waals surface area contributed by atoms with Gasteiger partial charge in [-0.05, 0) is 132 Å². The second-order valence-electron chi connectivity index (χ2n) is 22.9. The third-order valence-corrected chi connectivity index (χ3v) is 26.0. The summed E-state index contributed by atoms with van der Waals surface area (Å²) >= 11 is 0. The van der Waals surface area contributed by atoms with E-state index >= 15 is 0 Å². The Labute approximate surface area is 543 Å². The van der Waals surface area contributed by atoms with Gasteiger partial charge in [-0.25, -0.2) is 26.7 Å². The second kappa shape index (κ2) is 23.5. The first-order valence-corrected chi connectivity index (χ1v) is 37.5. The molecule has 12 aromatic rings. The summed E-state index contributed by atoms with van der Waals surface area (Å²) in [5, 5.41) is 1.93. The molecule has 0 saturated heterocycles. The monoisotopic (exact) mass is 1330 g/mol. The van der Waals surface area contributed by atoms with Crippen molar-refractivity contribution in [2.45, 2.75) is 29.1 Å². The van der Waals surface area contributed by atoms with Gasteiger partial charge in [0.2, 0.25) is 9.84 Å². The minimum Gasteiger partial charge on any atom is -0.413 e. The van der Waals surface area contributed by atoms with Crippen molar-refractivity contribution in [3.63, 3.8) is 0 Å². The van der Waals surface area contributed by atoms with Gasteiger partial charge < -0.3 is 36.2 Å². The molecule has 0 spiro atoms. The number of fused-ring (bicyclic) bond motifs is 12. The van der Waals surface area contributed by atoms with Crippen LogP contribution >= 0.6 is 30.4 Å². The molecule has 4 aliphatic heterocycles. The van der Waals surface area contributed by atoms with E-state index in [4.69, 9.17) is 36.2 Å². The number of para-hydroxylation sites is 4. The average molecular weight is 1340 g/mol. The van der Waals surface area contributed by atoms with E-state index in [0.29, 0.717) is 55.7 Å². The predicted molar refractivity (Wildman–Crippen MR) is 365 cm³/mol. The van der Waals surface area contributed by atoms with Gasteiger partial charge >= 0.3 is 30.4 Å². The molecule has 464 valence electrons. The van der Waals surface area contributed by atoms with Gasteiger partial charge in [-0.3, -0.25) is 0 Å². The van der Waals surface area contributed by atoms with Gasteiger partial charge in [-0.1, -0.05) is 184 Å². The topological polar surface area (TPSA) is 176 Å². The van der Waals surface area contributed by atoms with E-state index in [0.717, 1.165) is 55.6 Å². The molecule has 0 saturated carbocycles. The molecule has 4 unspecified atom stereocenters. The zero-order valence-corrected chi connectivity index (χ0v) is 54.5. The van der Waals surface area contributed by atoms with Crippen LogP contribution in [-0.2, 0) is 33.5 Å². The number of hydrogen-bond donors (Lipinski definition) is 0. The molecule has 0 bridgehead atoms. The molecule has 4 aliphatic rings. The molecule has 4 atom stereocenters. The molecule has 19 heteroatoms. The van der Waals surface area contributed by atoms with Gasteiger partial charge in [0, 0.05) is 49.9 Å². The van der Waals surface area contributed by atoms with Gasteiger partial charge in [0.25, 0.3) is 0 Å². The number of hydrogen-bond acceptors (Lipinski definition) is 14. The summed E-state index contributed by atoms with van der Waals surface area (Å²) in [4.78, 5) is 0.00195. The summed E-state index contributed by atoms with van der Waals surface area (Å²) in [6, 6.07) is 85.5.